The Morgan fingerprint density at radius 3 is 2.74 bits per heavy atom. The summed E-state index contributed by atoms with van der Waals surface area (Å²) in [5.41, 5.74) is 1.61. The van der Waals surface area contributed by atoms with Crippen molar-refractivity contribution >= 4 is 12.1 Å². The zero-order valence-corrected chi connectivity index (χ0v) is 11.5. The van der Waals surface area contributed by atoms with Gasteiger partial charge < -0.3 is 10.0 Å². The van der Waals surface area contributed by atoms with E-state index in [1.807, 2.05) is 13.0 Å². The average molecular weight is 262 g/mol. The zero-order chi connectivity index (χ0) is 13.7. The van der Waals surface area contributed by atoms with Gasteiger partial charge >= 0.3 is 0 Å². The molecule has 0 spiro atoms. The SMILES string of the molecule is Cc1cc(C=O)cnc1N(CCO)C1CCCCC1. The molecular formula is C15H22N2O2. The second kappa shape index (κ2) is 6.66. The van der Waals surface area contributed by atoms with Gasteiger partial charge in [-0.05, 0) is 31.4 Å². The van der Waals surface area contributed by atoms with Gasteiger partial charge in [-0.15, -0.1) is 0 Å². The van der Waals surface area contributed by atoms with E-state index in [2.05, 4.69) is 9.88 Å². The predicted molar refractivity (Wildman–Crippen MR) is 75.7 cm³/mol. The Morgan fingerprint density at radius 1 is 1.42 bits per heavy atom. The second-order valence-electron chi connectivity index (χ2n) is 5.24. The van der Waals surface area contributed by atoms with E-state index >= 15 is 0 Å². The van der Waals surface area contributed by atoms with Crippen molar-refractivity contribution < 1.29 is 9.90 Å². The fraction of sp³-hybridized carbons (Fsp3) is 0.600. The van der Waals surface area contributed by atoms with Crippen molar-refractivity contribution in [1.82, 2.24) is 4.98 Å². The molecule has 0 aliphatic heterocycles. The molecule has 2 rings (SSSR count). The number of aliphatic hydroxyl groups is 1. The van der Waals surface area contributed by atoms with E-state index < -0.39 is 0 Å². The predicted octanol–water partition coefficient (Wildman–Crippen LogP) is 2.33. The first kappa shape index (κ1) is 14.0. The standard InChI is InChI=1S/C15H22N2O2/c1-12-9-13(11-19)10-16-15(12)17(7-8-18)14-5-3-2-4-6-14/h9-11,14,18H,2-8H2,1H3. The van der Waals surface area contributed by atoms with Crippen LogP contribution in [0.5, 0.6) is 0 Å². The summed E-state index contributed by atoms with van der Waals surface area (Å²) >= 11 is 0. The summed E-state index contributed by atoms with van der Waals surface area (Å²) in [6.07, 6.45) is 8.56. The maximum atomic E-state index is 10.8. The van der Waals surface area contributed by atoms with Gasteiger partial charge in [-0.25, -0.2) is 4.98 Å². The number of aromatic nitrogens is 1. The Morgan fingerprint density at radius 2 is 2.16 bits per heavy atom. The van der Waals surface area contributed by atoms with E-state index in [1.165, 1.54) is 19.3 Å². The van der Waals surface area contributed by atoms with Crippen LogP contribution in [0.4, 0.5) is 5.82 Å². The lowest BCUT2D eigenvalue weighted by molar-refractivity contribution is 0.112. The van der Waals surface area contributed by atoms with Crippen LogP contribution in [-0.2, 0) is 0 Å². The number of carbonyl (C=O) groups excluding carboxylic acids is 1. The molecule has 1 aliphatic rings. The summed E-state index contributed by atoms with van der Waals surface area (Å²) in [5, 5.41) is 9.29. The highest BCUT2D eigenvalue weighted by Crippen LogP contribution is 2.28. The van der Waals surface area contributed by atoms with Gasteiger partial charge in [0.2, 0.25) is 0 Å². The first-order valence-electron chi connectivity index (χ1n) is 7.05. The quantitative estimate of drug-likeness (QED) is 0.827. The molecule has 104 valence electrons. The number of hydrogen-bond acceptors (Lipinski definition) is 4. The van der Waals surface area contributed by atoms with Crippen LogP contribution in [0.15, 0.2) is 12.3 Å². The topological polar surface area (TPSA) is 53.4 Å². The Kier molecular flexibility index (Phi) is 4.91. The van der Waals surface area contributed by atoms with Crippen LogP contribution in [0.2, 0.25) is 0 Å². The molecule has 1 aliphatic carbocycles. The Balaban J connectivity index is 2.24. The lowest BCUT2D eigenvalue weighted by atomic mass is 9.94. The van der Waals surface area contributed by atoms with Gasteiger partial charge in [0.25, 0.3) is 0 Å². The van der Waals surface area contributed by atoms with E-state index in [1.54, 1.807) is 6.20 Å². The van der Waals surface area contributed by atoms with Crippen LogP contribution in [0, 0.1) is 6.92 Å². The molecule has 0 radical (unpaired) electrons. The maximum absolute atomic E-state index is 10.8. The van der Waals surface area contributed by atoms with Crippen molar-refractivity contribution in [2.75, 3.05) is 18.1 Å². The molecule has 19 heavy (non-hydrogen) atoms. The summed E-state index contributed by atoms with van der Waals surface area (Å²) in [6, 6.07) is 2.33. The minimum Gasteiger partial charge on any atom is -0.395 e. The number of nitrogens with zero attached hydrogens (tertiary/aromatic N) is 2. The van der Waals surface area contributed by atoms with E-state index in [-0.39, 0.29) is 6.61 Å². The number of rotatable bonds is 5. The molecule has 0 unspecified atom stereocenters. The Hall–Kier alpha value is -1.42. The van der Waals surface area contributed by atoms with Crippen molar-refractivity contribution in [3.8, 4) is 0 Å². The smallest absolute Gasteiger partial charge is 0.151 e. The van der Waals surface area contributed by atoms with Crippen LogP contribution in [-0.4, -0.2) is 35.6 Å². The monoisotopic (exact) mass is 262 g/mol. The number of carbonyl (C=O) groups is 1. The third-order valence-corrected chi connectivity index (χ3v) is 3.84. The first-order chi connectivity index (χ1) is 9.26. The van der Waals surface area contributed by atoms with Gasteiger partial charge in [-0.1, -0.05) is 19.3 Å². The molecule has 0 bridgehead atoms. The lowest BCUT2D eigenvalue weighted by Gasteiger charge is -2.35. The highest BCUT2D eigenvalue weighted by atomic mass is 16.3. The third-order valence-electron chi connectivity index (χ3n) is 3.84. The summed E-state index contributed by atoms with van der Waals surface area (Å²) < 4.78 is 0. The van der Waals surface area contributed by atoms with E-state index in [0.717, 1.165) is 30.5 Å². The van der Waals surface area contributed by atoms with Crippen LogP contribution in [0.1, 0.15) is 48.0 Å². The summed E-state index contributed by atoms with van der Waals surface area (Å²) in [4.78, 5) is 17.4. The number of aryl methyl sites for hydroxylation is 1. The summed E-state index contributed by atoms with van der Waals surface area (Å²) in [7, 11) is 0. The van der Waals surface area contributed by atoms with Gasteiger partial charge in [0.05, 0.1) is 6.61 Å². The minimum absolute atomic E-state index is 0.132. The molecular weight excluding hydrogens is 240 g/mol. The zero-order valence-electron chi connectivity index (χ0n) is 11.5. The third kappa shape index (κ3) is 3.32. The molecule has 0 amide bonds. The van der Waals surface area contributed by atoms with Crippen molar-refractivity contribution in [3.05, 3.63) is 23.4 Å². The number of anilines is 1. The molecule has 1 heterocycles. The molecule has 0 saturated heterocycles. The van der Waals surface area contributed by atoms with E-state index in [4.69, 9.17) is 0 Å². The largest absolute Gasteiger partial charge is 0.395 e. The highest BCUT2D eigenvalue weighted by molar-refractivity contribution is 5.75. The molecule has 4 nitrogen and oxygen atoms in total. The highest BCUT2D eigenvalue weighted by Gasteiger charge is 2.23. The molecule has 0 atom stereocenters. The fourth-order valence-electron chi connectivity index (χ4n) is 2.92. The van der Waals surface area contributed by atoms with Crippen LogP contribution < -0.4 is 4.90 Å². The van der Waals surface area contributed by atoms with Gasteiger partial charge in [-0.2, -0.15) is 0 Å². The number of aldehydes is 1. The normalized spacial score (nSPS) is 16.3. The van der Waals surface area contributed by atoms with Crippen LogP contribution in [0.3, 0.4) is 0 Å². The molecule has 1 aromatic rings. The van der Waals surface area contributed by atoms with Crippen molar-refractivity contribution in [2.24, 2.45) is 0 Å². The van der Waals surface area contributed by atoms with Gasteiger partial charge in [-0.3, -0.25) is 4.79 Å². The second-order valence-corrected chi connectivity index (χ2v) is 5.24. The fourth-order valence-corrected chi connectivity index (χ4v) is 2.92. The van der Waals surface area contributed by atoms with E-state index in [0.29, 0.717) is 18.2 Å². The maximum Gasteiger partial charge on any atom is 0.151 e. The molecule has 0 aromatic carbocycles. The first-order valence-corrected chi connectivity index (χ1v) is 7.05. The van der Waals surface area contributed by atoms with Crippen molar-refractivity contribution in [2.45, 2.75) is 45.1 Å². The molecule has 1 fully saturated rings. The Labute approximate surface area is 114 Å². The summed E-state index contributed by atoms with van der Waals surface area (Å²) in [5.74, 6) is 0.909. The summed E-state index contributed by atoms with van der Waals surface area (Å²) in [6.45, 7) is 2.72. The minimum atomic E-state index is 0.132. The van der Waals surface area contributed by atoms with Gasteiger partial charge in [0, 0.05) is 24.3 Å². The van der Waals surface area contributed by atoms with Crippen molar-refractivity contribution in [1.29, 1.82) is 0 Å². The lowest BCUT2D eigenvalue weighted by Crippen LogP contribution is -2.39. The van der Waals surface area contributed by atoms with E-state index in [9.17, 15) is 9.90 Å². The number of aliphatic hydroxyl groups excluding tert-OH is 1. The van der Waals surface area contributed by atoms with Crippen LogP contribution >= 0.6 is 0 Å². The molecule has 1 N–H and O–H groups in total. The van der Waals surface area contributed by atoms with Gasteiger partial charge in [0.15, 0.2) is 6.29 Å². The Bertz CT molecular complexity index is 428. The average Bonchev–Trinajstić information content (AvgIpc) is 2.46. The number of pyridine rings is 1. The van der Waals surface area contributed by atoms with Crippen molar-refractivity contribution in [3.63, 3.8) is 0 Å². The number of hydrogen-bond donors (Lipinski definition) is 1. The van der Waals surface area contributed by atoms with Crippen LogP contribution in [0.25, 0.3) is 0 Å². The molecule has 1 aromatic heterocycles. The molecule has 4 heteroatoms. The van der Waals surface area contributed by atoms with Gasteiger partial charge in [0.1, 0.15) is 5.82 Å². The molecule has 1 saturated carbocycles.